The van der Waals surface area contributed by atoms with E-state index in [0.717, 1.165) is 12.0 Å². The van der Waals surface area contributed by atoms with E-state index in [9.17, 15) is 4.79 Å². The molecule has 1 aliphatic rings. The SMILES string of the molecule is O=C1NCCc2cccnc2N1. The van der Waals surface area contributed by atoms with Crippen LogP contribution in [-0.2, 0) is 6.42 Å². The predicted octanol–water partition coefficient (Wildman–Crippen LogP) is 0.759. The molecule has 0 spiro atoms. The molecule has 62 valence electrons. The molecule has 0 saturated carbocycles. The number of pyridine rings is 1. The fourth-order valence-electron chi connectivity index (χ4n) is 1.22. The Bertz CT molecular complexity index is 311. The summed E-state index contributed by atoms with van der Waals surface area (Å²) in [6, 6.07) is 3.67. The van der Waals surface area contributed by atoms with Crippen molar-refractivity contribution in [3.8, 4) is 0 Å². The van der Waals surface area contributed by atoms with E-state index in [1.165, 1.54) is 0 Å². The predicted molar refractivity (Wildman–Crippen MR) is 45.0 cm³/mol. The van der Waals surface area contributed by atoms with Gasteiger partial charge < -0.3 is 5.32 Å². The molecule has 0 aromatic carbocycles. The number of nitrogens with one attached hydrogen (secondary N) is 2. The Kier molecular flexibility index (Phi) is 1.66. The monoisotopic (exact) mass is 163 g/mol. The molecule has 0 fully saturated rings. The summed E-state index contributed by atoms with van der Waals surface area (Å²) in [5.74, 6) is 0.674. The first-order valence-electron chi connectivity index (χ1n) is 3.85. The quantitative estimate of drug-likeness (QED) is 0.593. The molecule has 0 radical (unpaired) electrons. The number of anilines is 1. The van der Waals surface area contributed by atoms with Crippen molar-refractivity contribution in [2.45, 2.75) is 6.42 Å². The van der Waals surface area contributed by atoms with E-state index in [1.807, 2.05) is 12.1 Å². The van der Waals surface area contributed by atoms with Gasteiger partial charge in [0.05, 0.1) is 0 Å². The largest absolute Gasteiger partial charge is 0.337 e. The van der Waals surface area contributed by atoms with E-state index in [-0.39, 0.29) is 6.03 Å². The van der Waals surface area contributed by atoms with Crippen molar-refractivity contribution in [2.24, 2.45) is 0 Å². The van der Waals surface area contributed by atoms with Gasteiger partial charge in [-0.3, -0.25) is 5.32 Å². The Morgan fingerprint density at radius 1 is 1.50 bits per heavy atom. The number of carbonyl (C=O) groups is 1. The number of aromatic nitrogens is 1. The van der Waals surface area contributed by atoms with E-state index in [1.54, 1.807) is 6.20 Å². The zero-order valence-electron chi connectivity index (χ0n) is 6.50. The standard InChI is InChI=1S/C8H9N3O/c12-8-10-5-3-6-2-1-4-9-7(6)11-8/h1-2,4H,3,5H2,(H2,9,10,11,12). The third-order valence-corrected chi connectivity index (χ3v) is 1.80. The normalized spacial score (nSPS) is 15.5. The van der Waals surface area contributed by atoms with Gasteiger partial charge in [0.25, 0.3) is 0 Å². The molecular formula is C8H9N3O. The lowest BCUT2D eigenvalue weighted by Crippen LogP contribution is -2.27. The average Bonchev–Trinajstić information content (AvgIpc) is 2.25. The molecule has 2 amide bonds. The average molecular weight is 163 g/mol. The fourth-order valence-corrected chi connectivity index (χ4v) is 1.22. The lowest BCUT2D eigenvalue weighted by Gasteiger charge is -2.01. The van der Waals surface area contributed by atoms with E-state index in [4.69, 9.17) is 0 Å². The molecule has 2 heterocycles. The minimum Gasteiger partial charge on any atom is -0.337 e. The zero-order valence-corrected chi connectivity index (χ0v) is 6.50. The van der Waals surface area contributed by atoms with E-state index in [0.29, 0.717) is 12.4 Å². The van der Waals surface area contributed by atoms with Crippen molar-refractivity contribution in [2.75, 3.05) is 11.9 Å². The molecule has 0 atom stereocenters. The molecule has 1 aromatic rings. The van der Waals surface area contributed by atoms with Gasteiger partial charge in [-0.25, -0.2) is 9.78 Å². The van der Waals surface area contributed by atoms with Crippen molar-refractivity contribution in [3.05, 3.63) is 23.9 Å². The second-order valence-electron chi connectivity index (χ2n) is 2.64. The van der Waals surface area contributed by atoms with Crippen LogP contribution in [0.1, 0.15) is 5.56 Å². The van der Waals surface area contributed by atoms with E-state index in [2.05, 4.69) is 15.6 Å². The fraction of sp³-hybridized carbons (Fsp3) is 0.250. The smallest absolute Gasteiger partial charge is 0.320 e. The maximum absolute atomic E-state index is 11.0. The van der Waals surface area contributed by atoms with Crippen LogP contribution in [0.2, 0.25) is 0 Å². The number of hydrogen-bond acceptors (Lipinski definition) is 2. The van der Waals surface area contributed by atoms with Crippen molar-refractivity contribution in [3.63, 3.8) is 0 Å². The van der Waals surface area contributed by atoms with Crippen LogP contribution >= 0.6 is 0 Å². The second-order valence-corrected chi connectivity index (χ2v) is 2.64. The van der Waals surface area contributed by atoms with Crippen LogP contribution in [-0.4, -0.2) is 17.6 Å². The summed E-state index contributed by atoms with van der Waals surface area (Å²) < 4.78 is 0. The highest BCUT2D eigenvalue weighted by atomic mass is 16.2. The summed E-state index contributed by atoms with van der Waals surface area (Å²) in [7, 11) is 0. The van der Waals surface area contributed by atoms with Gasteiger partial charge in [0.15, 0.2) is 0 Å². The Labute approximate surface area is 70.0 Å². The summed E-state index contributed by atoms with van der Waals surface area (Å²) in [5.41, 5.74) is 1.08. The maximum Gasteiger partial charge on any atom is 0.320 e. The van der Waals surface area contributed by atoms with E-state index >= 15 is 0 Å². The first-order valence-corrected chi connectivity index (χ1v) is 3.85. The number of fused-ring (bicyclic) bond motifs is 1. The number of amides is 2. The van der Waals surface area contributed by atoms with Crippen molar-refractivity contribution in [1.29, 1.82) is 0 Å². The van der Waals surface area contributed by atoms with Crippen LogP contribution < -0.4 is 10.6 Å². The van der Waals surface area contributed by atoms with Gasteiger partial charge in [0.2, 0.25) is 0 Å². The Morgan fingerprint density at radius 3 is 3.33 bits per heavy atom. The molecule has 4 nitrogen and oxygen atoms in total. The third kappa shape index (κ3) is 1.23. The van der Waals surface area contributed by atoms with Crippen molar-refractivity contribution >= 4 is 11.8 Å². The Morgan fingerprint density at radius 2 is 2.42 bits per heavy atom. The molecule has 0 bridgehead atoms. The Balaban J connectivity index is 2.37. The number of rotatable bonds is 0. The zero-order chi connectivity index (χ0) is 8.39. The summed E-state index contributed by atoms with van der Waals surface area (Å²) in [6.07, 6.45) is 2.51. The van der Waals surface area contributed by atoms with Crippen LogP contribution in [0.5, 0.6) is 0 Å². The van der Waals surface area contributed by atoms with Gasteiger partial charge in [0.1, 0.15) is 5.82 Å². The summed E-state index contributed by atoms with van der Waals surface area (Å²) in [4.78, 5) is 15.0. The van der Waals surface area contributed by atoms with Crippen molar-refractivity contribution in [1.82, 2.24) is 10.3 Å². The van der Waals surface area contributed by atoms with E-state index < -0.39 is 0 Å². The molecule has 12 heavy (non-hydrogen) atoms. The van der Waals surface area contributed by atoms with Gasteiger partial charge in [-0.15, -0.1) is 0 Å². The highest BCUT2D eigenvalue weighted by Crippen LogP contribution is 2.13. The number of carbonyl (C=O) groups excluding carboxylic acids is 1. The van der Waals surface area contributed by atoms with Gasteiger partial charge >= 0.3 is 6.03 Å². The highest BCUT2D eigenvalue weighted by Gasteiger charge is 2.11. The van der Waals surface area contributed by atoms with Crippen LogP contribution in [0.4, 0.5) is 10.6 Å². The molecule has 4 heteroatoms. The minimum atomic E-state index is -0.174. The Hall–Kier alpha value is -1.58. The third-order valence-electron chi connectivity index (χ3n) is 1.80. The van der Waals surface area contributed by atoms with Crippen LogP contribution in [0, 0.1) is 0 Å². The first-order chi connectivity index (χ1) is 5.86. The molecule has 2 rings (SSSR count). The molecule has 1 aliphatic heterocycles. The molecule has 0 aliphatic carbocycles. The highest BCUT2D eigenvalue weighted by molar-refractivity contribution is 5.89. The van der Waals surface area contributed by atoms with Gasteiger partial charge in [0, 0.05) is 12.7 Å². The second kappa shape index (κ2) is 2.81. The topological polar surface area (TPSA) is 54.0 Å². The minimum absolute atomic E-state index is 0.174. The molecule has 0 saturated heterocycles. The summed E-state index contributed by atoms with van der Waals surface area (Å²) in [6.45, 7) is 0.671. The first kappa shape index (κ1) is 7.09. The summed E-state index contributed by atoms with van der Waals surface area (Å²) in [5, 5.41) is 5.36. The van der Waals surface area contributed by atoms with Gasteiger partial charge in [-0.05, 0) is 18.1 Å². The van der Waals surface area contributed by atoms with Gasteiger partial charge in [-0.2, -0.15) is 0 Å². The number of urea groups is 1. The molecular weight excluding hydrogens is 154 g/mol. The maximum atomic E-state index is 11.0. The lowest BCUT2D eigenvalue weighted by atomic mass is 10.2. The number of nitrogens with zero attached hydrogens (tertiary/aromatic N) is 1. The lowest BCUT2D eigenvalue weighted by molar-refractivity contribution is 0.252. The van der Waals surface area contributed by atoms with Gasteiger partial charge in [-0.1, -0.05) is 6.07 Å². The molecule has 1 aromatic heterocycles. The molecule has 0 unspecified atom stereocenters. The van der Waals surface area contributed by atoms with Crippen LogP contribution in [0.3, 0.4) is 0 Å². The molecule has 2 N–H and O–H groups in total. The van der Waals surface area contributed by atoms with Crippen LogP contribution in [0.25, 0.3) is 0 Å². The summed E-state index contributed by atoms with van der Waals surface area (Å²) >= 11 is 0. The number of hydrogen-bond donors (Lipinski definition) is 2. The van der Waals surface area contributed by atoms with Crippen molar-refractivity contribution < 1.29 is 4.79 Å². The van der Waals surface area contributed by atoms with Crippen LogP contribution in [0.15, 0.2) is 18.3 Å².